The summed E-state index contributed by atoms with van der Waals surface area (Å²) in [7, 11) is 0. The van der Waals surface area contributed by atoms with E-state index in [2.05, 4.69) is 47.3 Å². The number of rotatable bonds is 6. The highest BCUT2D eigenvalue weighted by atomic mass is 15.0. The van der Waals surface area contributed by atoms with Crippen molar-refractivity contribution in [1.82, 2.24) is 9.88 Å². The van der Waals surface area contributed by atoms with Crippen LogP contribution in [-0.2, 0) is 13.1 Å². The van der Waals surface area contributed by atoms with Crippen molar-refractivity contribution in [3.63, 3.8) is 0 Å². The Bertz CT molecular complexity index is 352. The minimum absolute atomic E-state index is 0.842. The van der Waals surface area contributed by atoms with E-state index in [1.807, 2.05) is 0 Å². The lowest BCUT2D eigenvalue weighted by Crippen LogP contribution is -2.24. The number of hydrogen-bond donors (Lipinski definition) is 1. The third-order valence-corrected chi connectivity index (χ3v) is 3.50. The zero-order chi connectivity index (χ0) is 11.9. The van der Waals surface area contributed by atoms with Gasteiger partial charge in [-0.05, 0) is 50.3 Å². The monoisotopic (exact) mass is 232 g/mol. The van der Waals surface area contributed by atoms with Gasteiger partial charge in [-0.25, -0.2) is 0 Å². The van der Waals surface area contributed by atoms with Crippen molar-refractivity contribution in [1.29, 1.82) is 0 Å². The highest BCUT2D eigenvalue weighted by Gasteiger charge is 2.09. The molecule has 1 aromatic rings. The van der Waals surface area contributed by atoms with E-state index < -0.39 is 0 Å². The van der Waals surface area contributed by atoms with Crippen LogP contribution in [0.3, 0.4) is 0 Å². The molecule has 0 aromatic carbocycles. The van der Waals surface area contributed by atoms with Crippen molar-refractivity contribution < 1.29 is 0 Å². The average molecular weight is 232 g/mol. The second-order valence-electron chi connectivity index (χ2n) is 4.97. The summed E-state index contributed by atoms with van der Waals surface area (Å²) in [6.07, 6.45) is 11.9. The van der Waals surface area contributed by atoms with Crippen molar-refractivity contribution >= 4 is 0 Å². The van der Waals surface area contributed by atoms with Gasteiger partial charge in [0.15, 0.2) is 0 Å². The van der Waals surface area contributed by atoms with Gasteiger partial charge in [0.1, 0.15) is 0 Å². The summed E-state index contributed by atoms with van der Waals surface area (Å²) in [5.41, 5.74) is 1.42. The van der Waals surface area contributed by atoms with Crippen LogP contribution in [0, 0.1) is 5.92 Å². The van der Waals surface area contributed by atoms with Crippen LogP contribution in [0.15, 0.2) is 30.5 Å². The molecule has 1 aliphatic rings. The van der Waals surface area contributed by atoms with Crippen LogP contribution in [0.1, 0.15) is 38.3 Å². The number of allylic oxidation sites excluding steroid dienone is 2. The van der Waals surface area contributed by atoms with Gasteiger partial charge in [0.2, 0.25) is 0 Å². The van der Waals surface area contributed by atoms with Gasteiger partial charge < -0.3 is 9.88 Å². The predicted molar refractivity (Wildman–Crippen MR) is 72.9 cm³/mol. The van der Waals surface area contributed by atoms with Crippen LogP contribution >= 0.6 is 0 Å². The third-order valence-electron chi connectivity index (χ3n) is 3.50. The van der Waals surface area contributed by atoms with Crippen molar-refractivity contribution in [2.75, 3.05) is 6.54 Å². The Labute approximate surface area is 105 Å². The first-order valence-corrected chi connectivity index (χ1v) is 6.90. The molecule has 1 aromatic heterocycles. The lowest BCUT2D eigenvalue weighted by atomic mass is 9.94. The maximum absolute atomic E-state index is 3.60. The van der Waals surface area contributed by atoms with Crippen molar-refractivity contribution in [2.45, 2.75) is 45.7 Å². The standard InChI is InChI=1S/C15H24N2/c1-2-10-17-11-6-9-15(17)13-16-12-14-7-4-3-5-8-14/h3-4,6,9,11,14,16H,2,5,7-8,10,12-13H2,1H3. The second kappa shape index (κ2) is 6.65. The Morgan fingerprint density at radius 3 is 3.12 bits per heavy atom. The minimum Gasteiger partial charge on any atom is -0.350 e. The van der Waals surface area contributed by atoms with Gasteiger partial charge in [0.25, 0.3) is 0 Å². The normalized spacial score (nSPS) is 19.7. The smallest absolute Gasteiger partial charge is 0.0359 e. The van der Waals surface area contributed by atoms with E-state index >= 15 is 0 Å². The minimum atomic E-state index is 0.842. The maximum Gasteiger partial charge on any atom is 0.0359 e. The first-order chi connectivity index (χ1) is 8.40. The molecule has 17 heavy (non-hydrogen) atoms. The maximum atomic E-state index is 3.60. The molecule has 0 amide bonds. The number of hydrogen-bond acceptors (Lipinski definition) is 1. The molecule has 1 aliphatic carbocycles. The van der Waals surface area contributed by atoms with Crippen molar-refractivity contribution in [3.05, 3.63) is 36.2 Å². The molecule has 0 fully saturated rings. The van der Waals surface area contributed by atoms with Gasteiger partial charge >= 0.3 is 0 Å². The van der Waals surface area contributed by atoms with Gasteiger partial charge in [-0.15, -0.1) is 0 Å². The zero-order valence-electron chi connectivity index (χ0n) is 10.9. The van der Waals surface area contributed by atoms with Crippen LogP contribution < -0.4 is 5.32 Å². The van der Waals surface area contributed by atoms with E-state index in [0.29, 0.717) is 0 Å². The fourth-order valence-electron chi connectivity index (χ4n) is 2.52. The lowest BCUT2D eigenvalue weighted by Gasteiger charge is -2.18. The Balaban J connectivity index is 1.73. The Hall–Kier alpha value is -1.02. The van der Waals surface area contributed by atoms with E-state index in [-0.39, 0.29) is 0 Å². The molecule has 1 heterocycles. The Kier molecular flexibility index (Phi) is 4.87. The van der Waals surface area contributed by atoms with Crippen LogP contribution in [-0.4, -0.2) is 11.1 Å². The largest absolute Gasteiger partial charge is 0.350 e. The number of nitrogens with zero attached hydrogens (tertiary/aromatic N) is 1. The van der Waals surface area contributed by atoms with E-state index in [1.165, 1.54) is 31.4 Å². The molecule has 0 saturated carbocycles. The molecule has 1 atom stereocenters. The summed E-state index contributed by atoms with van der Waals surface area (Å²) in [5.74, 6) is 0.842. The van der Waals surface area contributed by atoms with Crippen molar-refractivity contribution in [2.24, 2.45) is 5.92 Å². The predicted octanol–water partition coefficient (Wildman–Crippen LogP) is 3.34. The fraction of sp³-hybridized carbons (Fsp3) is 0.600. The first kappa shape index (κ1) is 12.4. The van der Waals surface area contributed by atoms with Gasteiger partial charge in [-0.3, -0.25) is 0 Å². The molecule has 94 valence electrons. The molecule has 1 unspecified atom stereocenters. The van der Waals surface area contributed by atoms with Crippen LogP contribution in [0.2, 0.25) is 0 Å². The average Bonchev–Trinajstić information content (AvgIpc) is 2.79. The summed E-state index contributed by atoms with van der Waals surface area (Å²) in [6, 6.07) is 4.37. The lowest BCUT2D eigenvalue weighted by molar-refractivity contribution is 0.436. The Morgan fingerprint density at radius 1 is 1.41 bits per heavy atom. The van der Waals surface area contributed by atoms with E-state index in [9.17, 15) is 0 Å². The highest BCUT2D eigenvalue weighted by Crippen LogP contribution is 2.17. The summed E-state index contributed by atoms with van der Waals surface area (Å²) >= 11 is 0. The van der Waals surface area contributed by atoms with E-state index in [1.54, 1.807) is 0 Å². The van der Waals surface area contributed by atoms with Crippen molar-refractivity contribution in [3.8, 4) is 0 Å². The van der Waals surface area contributed by atoms with Gasteiger partial charge in [0.05, 0.1) is 0 Å². The van der Waals surface area contributed by atoms with Gasteiger partial charge in [-0.1, -0.05) is 19.1 Å². The topological polar surface area (TPSA) is 17.0 Å². The second-order valence-corrected chi connectivity index (χ2v) is 4.97. The van der Waals surface area contributed by atoms with Crippen LogP contribution in [0.5, 0.6) is 0 Å². The summed E-state index contributed by atoms with van der Waals surface area (Å²) in [4.78, 5) is 0. The fourth-order valence-corrected chi connectivity index (χ4v) is 2.52. The highest BCUT2D eigenvalue weighted by molar-refractivity contribution is 5.06. The molecule has 0 radical (unpaired) electrons. The summed E-state index contributed by atoms with van der Waals surface area (Å²) < 4.78 is 2.35. The van der Waals surface area contributed by atoms with Gasteiger partial charge in [0, 0.05) is 25.0 Å². The van der Waals surface area contributed by atoms with E-state index in [4.69, 9.17) is 0 Å². The SMILES string of the molecule is CCCn1cccc1CNCC1CC=CCC1. The quantitative estimate of drug-likeness (QED) is 0.744. The zero-order valence-corrected chi connectivity index (χ0v) is 10.9. The third kappa shape index (κ3) is 3.74. The molecule has 0 saturated heterocycles. The molecule has 2 rings (SSSR count). The van der Waals surface area contributed by atoms with E-state index in [0.717, 1.165) is 25.6 Å². The number of aromatic nitrogens is 1. The molecular formula is C15H24N2. The number of aryl methyl sites for hydroxylation is 1. The van der Waals surface area contributed by atoms with Crippen LogP contribution in [0.25, 0.3) is 0 Å². The summed E-state index contributed by atoms with van der Waals surface area (Å²) in [6.45, 7) is 5.52. The molecule has 0 spiro atoms. The van der Waals surface area contributed by atoms with Crippen LogP contribution in [0.4, 0.5) is 0 Å². The molecule has 0 bridgehead atoms. The molecule has 0 aliphatic heterocycles. The molecule has 2 nitrogen and oxygen atoms in total. The summed E-state index contributed by atoms with van der Waals surface area (Å²) in [5, 5.41) is 3.60. The Morgan fingerprint density at radius 2 is 2.35 bits per heavy atom. The van der Waals surface area contributed by atoms with Gasteiger partial charge in [-0.2, -0.15) is 0 Å². The molecule has 1 N–H and O–H groups in total. The number of nitrogens with one attached hydrogen (secondary N) is 1. The molecule has 2 heteroatoms. The first-order valence-electron chi connectivity index (χ1n) is 6.90. The molecular weight excluding hydrogens is 208 g/mol.